The van der Waals surface area contributed by atoms with E-state index in [1.54, 1.807) is 29.2 Å². The van der Waals surface area contributed by atoms with Crippen molar-refractivity contribution in [3.8, 4) is 11.5 Å². The Labute approximate surface area is 173 Å². The highest BCUT2D eigenvalue weighted by Crippen LogP contribution is 2.32. The molecule has 0 bridgehead atoms. The van der Waals surface area contributed by atoms with Gasteiger partial charge in [-0.3, -0.25) is 4.79 Å². The molecule has 2 aromatic carbocycles. The summed E-state index contributed by atoms with van der Waals surface area (Å²) in [6.07, 6.45) is 1.55. The first-order chi connectivity index (χ1) is 14.1. The van der Waals surface area contributed by atoms with Crippen LogP contribution in [0.25, 0.3) is 0 Å². The molecule has 2 aliphatic rings. The normalized spacial score (nSPS) is 17.7. The van der Waals surface area contributed by atoms with Crippen molar-refractivity contribution in [1.82, 2.24) is 10.2 Å². The highest BCUT2D eigenvalue weighted by Gasteiger charge is 2.28. The fraction of sp³-hybridized carbons (Fsp3) is 0.333. The van der Waals surface area contributed by atoms with E-state index < -0.39 is 0 Å². The molecular weight excluding hydrogens is 394 g/mol. The molecule has 8 heteroatoms. The highest BCUT2D eigenvalue weighted by molar-refractivity contribution is 6.30. The molecule has 0 aliphatic carbocycles. The molecule has 2 N–H and O–H groups in total. The number of urea groups is 1. The summed E-state index contributed by atoms with van der Waals surface area (Å²) in [7, 11) is 0. The lowest BCUT2D eigenvalue weighted by Crippen LogP contribution is -2.46. The van der Waals surface area contributed by atoms with E-state index in [4.69, 9.17) is 21.1 Å². The number of benzene rings is 2. The second-order valence-electron chi connectivity index (χ2n) is 7.13. The average molecular weight is 416 g/mol. The van der Waals surface area contributed by atoms with E-state index >= 15 is 0 Å². The Morgan fingerprint density at radius 3 is 2.72 bits per heavy atom. The van der Waals surface area contributed by atoms with Crippen LogP contribution in [-0.2, 0) is 11.3 Å². The third-order valence-corrected chi connectivity index (χ3v) is 5.33. The van der Waals surface area contributed by atoms with Gasteiger partial charge in [-0.25, -0.2) is 4.79 Å². The number of carbonyl (C=O) groups excluding carboxylic acids is 2. The van der Waals surface area contributed by atoms with Crippen molar-refractivity contribution in [2.24, 2.45) is 5.92 Å². The maximum Gasteiger partial charge on any atom is 0.321 e. The minimum absolute atomic E-state index is 0.0494. The number of amides is 3. The molecule has 0 saturated carbocycles. The fourth-order valence-electron chi connectivity index (χ4n) is 3.50. The molecule has 7 nitrogen and oxygen atoms in total. The van der Waals surface area contributed by atoms with Crippen molar-refractivity contribution in [3.05, 3.63) is 53.1 Å². The standard InChI is InChI=1S/C21H22ClN3O4/c22-16-4-6-17(7-5-16)24-21(27)25-9-1-2-15(12-25)20(26)23-11-14-3-8-18-19(10-14)29-13-28-18/h3-8,10,15H,1-2,9,11-13H2,(H,23,26)(H,24,27)/t15-/m1/s1. The third kappa shape index (κ3) is 4.74. The van der Waals surface area contributed by atoms with Gasteiger partial charge in [0, 0.05) is 30.3 Å². The Bertz CT molecular complexity index is 903. The van der Waals surface area contributed by atoms with Gasteiger partial charge < -0.3 is 25.0 Å². The third-order valence-electron chi connectivity index (χ3n) is 5.08. The number of hydrogen-bond donors (Lipinski definition) is 2. The molecule has 2 aromatic rings. The van der Waals surface area contributed by atoms with E-state index in [9.17, 15) is 9.59 Å². The van der Waals surface area contributed by atoms with Crippen LogP contribution in [0.1, 0.15) is 18.4 Å². The van der Waals surface area contributed by atoms with Crippen molar-refractivity contribution in [2.75, 3.05) is 25.2 Å². The van der Waals surface area contributed by atoms with Crippen LogP contribution in [0.5, 0.6) is 11.5 Å². The van der Waals surface area contributed by atoms with Gasteiger partial charge in [-0.15, -0.1) is 0 Å². The van der Waals surface area contributed by atoms with Crippen LogP contribution in [0.4, 0.5) is 10.5 Å². The van der Waals surface area contributed by atoms with Gasteiger partial charge >= 0.3 is 6.03 Å². The Kier molecular flexibility index (Phi) is 5.76. The largest absolute Gasteiger partial charge is 0.454 e. The van der Waals surface area contributed by atoms with Gasteiger partial charge in [-0.2, -0.15) is 0 Å². The van der Waals surface area contributed by atoms with Gasteiger partial charge in [0.05, 0.1) is 5.92 Å². The lowest BCUT2D eigenvalue weighted by molar-refractivity contribution is -0.126. The fourth-order valence-corrected chi connectivity index (χ4v) is 3.62. The van der Waals surface area contributed by atoms with Gasteiger partial charge in [0.2, 0.25) is 12.7 Å². The van der Waals surface area contributed by atoms with Crippen LogP contribution in [0, 0.1) is 5.92 Å². The van der Waals surface area contributed by atoms with E-state index in [1.165, 1.54) is 0 Å². The zero-order valence-electron chi connectivity index (χ0n) is 15.8. The topological polar surface area (TPSA) is 79.9 Å². The number of carbonyl (C=O) groups is 2. The number of halogens is 1. The van der Waals surface area contributed by atoms with Crippen LogP contribution in [0.3, 0.4) is 0 Å². The van der Waals surface area contributed by atoms with Crippen molar-refractivity contribution in [1.29, 1.82) is 0 Å². The van der Waals surface area contributed by atoms with Gasteiger partial charge in [0.15, 0.2) is 11.5 Å². The molecule has 4 rings (SSSR count). The smallest absolute Gasteiger partial charge is 0.321 e. The van der Waals surface area contributed by atoms with Gasteiger partial charge in [0.25, 0.3) is 0 Å². The quantitative estimate of drug-likeness (QED) is 0.799. The van der Waals surface area contributed by atoms with Gasteiger partial charge in [-0.05, 0) is 54.8 Å². The molecule has 0 spiro atoms. The first-order valence-electron chi connectivity index (χ1n) is 9.56. The second-order valence-corrected chi connectivity index (χ2v) is 7.56. The van der Waals surface area contributed by atoms with Crippen LogP contribution < -0.4 is 20.1 Å². The molecule has 0 aromatic heterocycles. The summed E-state index contributed by atoms with van der Waals surface area (Å²) in [6, 6.07) is 12.3. The molecule has 152 valence electrons. The van der Waals surface area contributed by atoms with E-state index in [-0.39, 0.29) is 24.6 Å². The van der Waals surface area contributed by atoms with Crippen molar-refractivity contribution >= 4 is 29.2 Å². The number of piperidine rings is 1. The number of hydrogen-bond acceptors (Lipinski definition) is 4. The molecule has 0 unspecified atom stereocenters. The maximum absolute atomic E-state index is 12.6. The number of anilines is 1. The molecule has 1 atom stereocenters. The minimum Gasteiger partial charge on any atom is -0.454 e. The maximum atomic E-state index is 12.6. The molecule has 1 fully saturated rings. The summed E-state index contributed by atoms with van der Waals surface area (Å²) < 4.78 is 10.7. The monoisotopic (exact) mass is 415 g/mol. The van der Waals surface area contributed by atoms with Crippen LogP contribution >= 0.6 is 11.6 Å². The Morgan fingerprint density at radius 2 is 1.90 bits per heavy atom. The van der Waals surface area contributed by atoms with Gasteiger partial charge in [0.1, 0.15) is 0 Å². The predicted molar refractivity (Wildman–Crippen MR) is 109 cm³/mol. The van der Waals surface area contributed by atoms with Crippen LogP contribution in [-0.4, -0.2) is 36.7 Å². The van der Waals surface area contributed by atoms with E-state index in [2.05, 4.69) is 10.6 Å². The van der Waals surface area contributed by atoms with Crippen molar-refractivity contribution in [2.45, 2.75) is 19.4 Å². The molecule has 2 heterocycles. The Morgan fingerprint density at radius 1 is 1.10 bits per heavy atom. The highest BCUT2D eigenvalue weighted by atomic mass is 35.5. The summed E-state index contributed by atoms with van der Waals surface area (Å²) >= 11 is 5.87. The number of nitrogens with zero attached hydrogens (tertiary/aromatic N) is 1. The Balaban J connectivity index is 1.29. The van der Waals surface area contributed by atoms with Crippen molar-refractivity contribution < 1.29 is 19.1 Å². The van der Waals surface area contributed by atoms with E-state index in [0.29, 0.717) is 36.1 Å². The zero-order valence-corrected chi connectivity index (χ0v) is 16.6. The van der Waals surface area contributed by atoms with E-state index in [0.717, 1.165) is 24.2 Å². The number of likely N-dealkylation sites (tertiary alicyclic amines) is 1. The first-order valence-corrected chi connectivity index (χ1v) is 9.94. The summed E-state index contributed by atoms with van der Waals surface area (Å²) in [5.74, 6) is 1.13. The van der Waals surface area contributed by atoms with Gasteiger partial charge in [-0.1, -0.05) is 17.7 Å². The number of rotatable bonds is 4. The molecule has 29 heavy (non-hydrogen) atoms. The van der Waals surface area contributed by atoms with E-state index in [1.807, 2.05) is 18.2 Å². The molecule has 0 radical (unpaired) electrons. The zero-order chi connectivity index (χ0) is 20.2. The summed E-state index contributed by atoms with van der Waals surface area (Å²) in [5.41, 5.74) is 1.62. The summed E-state index contributed by atoms with van der Waals surface area (Å²) in [6.45, 7) is 1.65. The number of ether oxygens (including phenoxy) is 2. The summed E-state index contributed by atoms with van der Waals surface area (Å²) in [4.78, 5) is 26.8. The van der Waals surface area contributed by atoms with Crippen LogP contribution in [0.2, 0.25) is 5.02 Å². The second kappa shape index (κ2) is 8.61. The molecule has 2 aliphatic heterocycles. The SMILES string of the molecule is O=C(NCc1ccc2c(c1)OCO2)[C@@H]1CCCN(C(=O)Nc2ccc(Cl)cc2)C1. The minimum atomic E-state index is -0.228. The number of fused-ring (bicyclic) bond motifs is 1. The molecule has 1 saturated heterocycles. The molecular formula is C21H22ClN3O4. The average Bonchev–Trinajstić information content (AvgIpc) is 3.21. The lowest BCUT2D eigenvalue weighted by atomic mass is 9.97. The molecule has 3 amide bonds. The summed E-state index contributed by atoms with van der Waals surface area (Å²) in [5, 5.41) is 6.43. The van der Waals surface area contributed by atoms with Crippen LogP contribution in [0.15, 0.2) is 42.5 Å². The van der Waals surface area contributed by atoms with Crippen molar-refractivity contribution in [3.63, 3.8) is 0 Å². The lowest BCUT2D eigenvalue weighted by Gasteiger charge is -2.32. The predicted octanol–water partition coefficient (Wildman–Crippen LogP) is 3.63. The number of nitrogens with one attached hydrogen (secondary N) is 2. The Hall–Kier alpha value is -2.93. The first kappa shape index (κ1) is 19.4.